The number of ether oxygens (including phenoxy) is 1. The van der Waals surface area contributed by atoms with Gasteiger partial charge in [0.1, 0.15) is 21.9 Å². The lowest BCUT2D eigenvalue weighted by molar-refractivity contribution is 0.416. The second-order valence-electron chi connectivity index (χ2n) is 3.13. The van der Waals surface area contributed by atoms with E-state index in [0.29, 0.717) is 16.1 Å². The first-order valence-corrected chi connectivity index (χ1v) is 5.43. The molecule has 5 heteroatoms. The van der Waals surface area contributed by atoms with E-state index in [1.807, 2.05) is 24.3 Å². The average molecular weight is 280 g/mol. The first kappa shape index (κ1) is 10.9. The Balaban J connectivity index is 2.62. The van der Waals surface area contributed by atoms with Crippen molar-refractivity contribution in [2.75, 3.05) is 12.8 Å². The third-order valence-electron chi connectivity index (χ3n) is 2.13. The Kier molecular flexibility index (Phi) is 3.05. The highest BCUT2D eigenvalue weighted by Gasteiger charge is 2.11. The Hall–Kier alpha value is -1.62. The van der Waals surface area contributed by atoms with Crippen LogP contribution in [-0.4, -0.2) is 17.1 Å². The van der Waals surface area contributed by atoms with Gasteiger partial charge in [-0.15, -0.1) is 0 Å². The summed E-state index contributed by atoms with van der Waals surface area (Å²) in [5, 5.41) is 0. The summed E-state index contributed by atoms with van der Waals surface area (Å²) >= 11 is 3.27. The number of hydrogen-bond acceptors (Lipinski definition) is 4. The summed E-state index contributed by atoms with van der Waals surface area (Å²) in [5.41, 5.74) is 7.24. The van der Waals surface area contributed by atoms with Gasteiger partial charge in [0.05, 0.1) is 13.3 Å². The van der Waals surface area contributed by atoms with Crippen LogP contribution >= 0.6 is 15.9 Å². The molecule has 0 radical (unpaired) electrons. The Morgan fingerprint density at radius 3 is 2.81 bits per heavy atom. The zero-order valence-electron chi connectivity index (χ0n) is 8.64. The molecular formula is C11H10BrN3O. The third-order valence-corrected chi connectivity index (χ3v) is 2.52. The molecule has 0 aliphatic carbocycles. The maximum atomic E-state index is 5.80. The zero-order chi connectivity index (χ0) is 11.5. The van der Waals surface area contributed by atoms with E-state index in [1.165, 1.54) is 0 Å². The molecule has 4 nitrogen and oxygen atoms in total. The molecule has 0 unspecified atom stereocenters. The number of para-hydroxylation sites is 1. The smallest absolute Gasteiger partial charge is 0.150 e. The molecule has 1 aromatic carbocycles. The van der Waals surface area contributed by atoms with E-state index in [2.05, 4.69) is 25.9 Å². The lowest BCUT2D eigenvalue weighted by atomic mass is 10.1. The van der Waals surface area contributed by atoms with E-state index < -0.39 is 0 Å². The molecule has 0 fully saturated rings. The van der Waals surface area contributed by atoms with Crippen LogP contribution in [0, 0.1) is 0 Å². The molecule has 82 valence electrons. The van der Waals surface area contributed by atoms with Gasteiger partial charge in [0, 0.05) is 5.56 Å². The molecule has 1 heterocycles. The molecule has 0 amide bonds. The number of hydrogen-bond donors (Lipinski definition) is 1. The normalized spacial score (nSPS) is 10.1. The van der Waals surface area contributed by atoms with E-state index in [4.69, 9.17) is 10.5 Å². The largest absolute Gasteiger partial charge is 0.496 e. The Bertz CT molecular complexity index is 516. The van der Waals surface area contributed by atoms with Crippen LogP contribution in [0.3, 0.4) is 0 Å². The highest BCUT2D eigenvalue weighted by molar-refractivity contribution is 9.10. The van der Waals surface area contributed by atoms with Crippen LogP contribution in [0.5, 0.6) is 5.75 Å². The number of nitrogen functional groups attached to an aromatic ring is 1. The number of anilines is 1. The Morgan fingerprint density at radius 1 is 1.31 bits per heavy atom. The highest BCUT2D eigenvalue weighted by Crippen LogP contribution is 2.31. The molecule has 2 aromatic rings. The monoisotopic (exact) mass is 279 g/mol. The number of rotatable bonds is 2. The van der Waals surface area contributed by atoms with Crippen LogP contribution in [0.25, 0.3) is 11.3 Å². The highest BCUT2D eigenvalue weighted by atomic mass is 79.9. The minimum Gasteiger partial charge on any atom is -0.496 e. The maximum absolute atomic E-state index is 5.80. The van der Waals surface area contributed by atoms with Crippen molar-refractivity contribution in [1.29, 1.82) is 0 Å². The van der Waals surface area contributed by atoms with Crippen molar-refractivity contribution in [2.24, 2.45) is 0 Å². The Labute approximate surface area is 102 Å². The zero-order valence-corrected chi connectivity index (χ0v) is 10.2. The molecule has 1 aromatic heterocycles. The van der Waals surface area contributed by atoms with Crippen molar-refractivity contribution in [3.8, 4) is 17.0 Å². The quantitative estimate of drug-likeness (QED) is 0.918. The first-order chi connectivity index (χ1) is 7.72. The van der Waals surface area contributed by atoms with Gasteiger partial charge in [-0.25, -0.2) is 9.97 Å². The molecule has 0 bridgehead atoms. The van der Waals surface area contributed by atoms with Crippen molar-refractivity contribution >= 4 is 21.7 Å². The van der Waals surface area contributed by atoms with E-state index in [-0.39, 0.29) is 0 Å². The molecule has 2 N–H and O–H groups in total. The molecule has 0 saturated carbocycles. The van der Waals surface area contributed by atoms with Gasteiger partial charge in [-0.2, -0.15) is 0 Å². The van der Waals surface area contributed by atoms with Gasteiger partial charge in [-0.1, -0.05) is 12.1 Å². The fourth-order valence-electron chi connectivity index (χ4n) is 1.42. The van der Waals surface area contributed by atoms with Crippen LogP contribution in [0.4, 0.5) is 5.82 Å². The lowest BCUT2D eigenvalue weighted by Gasteiger charge is -2.09. The number of methoxy groups -OCH3 is 1. The van der Waals surface area contributed by atoms with Crippen molar-refractivity contribution < 1.29 is 4.74 Å². The second-order valence-corrected chi connectivity index (χ2v) is 3.94. The maximum Gasteiger partial charge on any atom is 0.150 e. The van der Waals surface area contributed by atoms with Crippen LogP contribution < -0.4 is 10.5 Å². The van der Waals surface area contributed by atoms with Gasteiger partial charge < -0.3 is 10.5 Å². The van der Waals surface area contributed by atoms with Gasteiger partial charge in [0.2, 0.25) is 0 Å². The first-order valence-electron chi connectivity index (χ1n) is 4.64. The van der Waals surface area contributed by atoms with Gasteiger partial charge in [0.25, 0.3) is 0 Å². The minimum atomic E-state index is 0.382. The lowest BCUT2D eigenvalue weighted by Crippen LogP contribution is -1.98. The van der Waals surface area contributed by atoms with E-state index in [1.54, 1.807) is 13.3 Å². The van der Waals surface area contributed by atoms with Crippen LogP contribution in [0.2, 0.25) is 0 Å². The average Bonchev–Trinajstić information content (AvgIpc) is 2.32. The molecule has 0 spiro atoms. The van der Waals surface area contributed by atoms with Crippen molar-refractivity contribution in [3.63, 3.8) is 0 Å². The summed E-state index contributed by atoms with van der Waals surface area (Å²) < 4.78 is 5.90. The summed E-state index contributed by atoms with van der Waals surface area (Å²) in [4.78, 5) is 8.34. The molecule has 16 heavy (non-hydrogen) atoms. The molecule has 0 saturated heterocycles. The van der Waals surface area contributed by atoms with Gasteiger partial charge in [0.15, 0.2) is 0 Å². The standard InChI is InChI=1S/C11H10BrN3O/c1-16-8-5-3-2-4-7(8)10-11(13)14-6-9(12)15-10/h2-6H,1H3,(H2,13,14). The molecule has 0 aliphatic heterocycles. The summed E-state index contributed by atoms with van der Waals surface area (Å²) in [6.07, 6.45) is 1.56. The van der Waals surface area contributed by atoms with Crippen molar-refractivity contribution in [2.45, 2.75) is 0 Å². The second kappa shape index (κ2) is 4.49. The molecule has 0 atom stereocenters. The third kappa shape index (κ3) is 1.99. The number of halogens is 1. The van der Waals surface area contributed by atoms with Crippen LogP contribution in [-0.2, 0) is 0 Å². The minimum absolute atomic E-state index is 0.382. The summed E-state index contributed by atoms with van der Waals surface area (Å²) in [7, 11) is 1.61. The SMILES string of the molecule is COc1ccccc1-c1nc(Br)cnc1N. The number of aromatic nitrogens is 2. The predicted molar refractivity (Wildman–Crippen MR) is 66.1 cm³/mol. The van der Waals surface area contributed by atoms with Gasteiger partial charge in [-0.3, -0.25) is 0 Å². The van der Waals surface area contributed by atoms with Crippen LogP contribution in [0.15, 0.2) is 35.1 Å². The summed E-state index contributed by atoms with van der Waals surface area (Å²) in [6.45, 7) is 0. The molecule has 2 rings (SSSR count). The fraction of sp³-hybridized carbons (Fsp3) is 0.0909. The summed E-state index contributed by atoms with van der Waals surface area (Å²) in [5.74, 6) is 1.11. The molecule has 0 aliphatic rings. The van der Waals surface area contributed by atoms with E-state index in [9.17, 15) is 0 Å². The van der Waals surface area contributed by atoms with Crippen molar-refractivity contribution in [3.05, 3.63) is 35.1 Å². The topological polar surface area (TPSA) is 61.0 Å². The van der Waals surface area contributed by atoms with Crippen LogP contribution in [0.1, 0.15) is 0 Å². The van der Waals surface area contributed by atoms with E-state index >= 15 is 0 Å². The number of nitrogens with two attached hydrogens (primary N) is 1. The van der Waals surface area contributed by atoms with Crippen molar-refractivity contribution in [1.82, 2.24) is 9.97 Å². The van der Waals surface area contributed by atoms with E-state index in [0.717, 1.165) is 11.3 Å². The van der Waals surface area contributed by atoms with Gasteiger partial charge in [-0.05, 0) is 28.1 Å². The number of benzene rings is 1. The fourth-order valence-corrected chi connectivity index (χ4v) is 1.70. The van der Waals surface area contributed by atoms with Gasteiger partial charge >= 0.3 is 0 Å². The number of nitrogens with zero attached hydrogens (tertiary/aromatic N) is 2. The predicted octanol–water partition coefficient (Wildman–Crippen LogP) is 2.50. The summed E-state index contributed by atoms with van der Waals surface area (Å²) in [6, 6.07) is 7.55. The molecular weight excluding hydrogens is 270 g/mol. The Morgan fingerprint density at radius 2 is 2.06 bits per heavy atom.